The third-order valence-corrected chi connectivity index (χ3v) is 4.12. The van der Waals surface area contributed by atoms with Crippen LogP contribution in [0.3, 0.4) is 0 Å². The van der Waals surface area contributed by atoms with Crippen molar-refractivity contribution in [3.05, 3.63) is 29.3 Å². The highest BCUT2D eigenvalue weighted by atomic mass is 16.2. The van der Waals surface area contributed by atoms with Crippen LogP contribution in [0.1, 0.15) is 35.7 Å². The molecule has 0 bridgehead atoms. The largest absolute Gasteiger partial charge is 0.376 e. The molecule has 1 aliphatic rings. The van der Waals surface area contributed by atoms with Gasteiger partial charge in [0.15, 0.2) is 0 Å². The number of nitrogens with one attached hydrogen (secondary N) is 2. The van der Waals surface area contributed by atoms with Gasteiger partial charge in [0.05, 0.1) is 6.54 Å². The Bertz CT molecular complexity index is 645. The van der Waals surface area contributed by atoms with Gasteiger partial charge in [-0.2, -0.15) is 0 Å². The highest BCUT2D eigenvalue weighted by Gasteiger charge is 2.22. The van der Waals surface area contributed by atoms with Gasteiger partial charge in [0.1, 0.15) is 0 Å². The molecule has 7 nitrogen and oxygen atoms in total. The number of hydrogen-bond acceptors (Lipinski definition) is 4. The molecule has 4 N–H and O–H groups in total. The summed E-state index contributed by atoms with van der Waals surface area (Å²) in [6, 6.07) is 4.46. The normalized spacial score (nSPS) is 17.2. The van der Waals surface area contributed by atoms with Crippen molar-refractivity contribution in [2.75, 3.05) is 25.0 Å². The van der Waals surface area contributed by atoms with Gasteiger partial charge >= 0.3 is 6.03 Å². The highest BCUT2D eigenvalue weighted by Crippen LogP contribution is 2.21. The van der Waals surface area contributed by atoms with Crippen molar-refractivity contribution < 1.29 is 14.4 Å². The number of carbonyl (C=O) groups is 3. The predicted molar refractivity (Wildman–Crippen MR) is 91.7 cm³/mol. The smallest absolute Gasteiger partial charge is 0.318 e. The fourth-order valence-electron chi connectivity index (χ4n) is 2.91. The van der Waals surface area contributed by atoms with Crippen LogP contribution in [0.25, 0.3) is 0 Å². The number of urea groups is 1. The van der Waals surface area contributed by atoms with E-state index in [0.29, 0.717) is 11.5 Å². The Labute approximate surface area is 141 Å². The Morgan fingerprint density at radius 2 is 2.08 bits per heavy atom. The Hall–Kier alpha value is -2.57. The standard InChI is InChI=1S/C17H24N4O3/c1-11-4-3-7-21(10-11)16(23)13-5-6-14(12(2)8-13)19-9-15(22)20-17(18)24/h5-6,8,11,19H,3-4,7,9-10H2,1-2H3,(H3,18,20,22,24). The maximum atomic E-state index is 12.6. The van der Waals surface area contributed by atoms with E-state index < -0.39 is 11.9 Å². The van der Waals surface area contributed by atoms with Gasteiger partial charge in [0.25, 0.3) is 5.91 Å². The molecule has 7 heteroatoms. The van der Waals surface area contributed by atoms with Crippen molar-refractivity contribution in [1.29, 1.82) is 0 Å². The quantitative estimate of drug-likeness (QED) is 0.776. The van der Waals surface area contributed by atoms with Crippen molar-refractivity contribution in [2.45, 2.75) is 26.7 Å². The molecular weight excluding hydrogens is 308 g/mol. The summed E-state index contributed by atoms with van der Waals surface area (Å²) in [7, 11) is 0. The molecule has 0 spiro atoms. The van der Waals surface area contributed by atoms with Gasteiger partial charge in [-0.05, 0) is 49.4 Å². The van der Waals surface area contributed by atoms with Crippen LogP contribution in [-0.2, 0) is 4.79 Å². The third kappa shape index (κ3) is 4.71. The number of imide groups is 1. The van der Waals surface area contributed by atoms with E-state index in [9.17, 15) is 14.4 Å². The zero-order chi connectivity index (χ0) is 17.7. The minimum Gasteiger partial charge on any atom is -0.376 e. The fraction of sp³-hybridized carbons (Fsp3) is 0.471. The molecule has 0 saturated carbocycles. The zero-order valence-electron chi connectivity index (χ0n) is 14.1. The van der Waals surface area contributed by atoms with Gasteiger partial charge in [-0.1, -0.05) is 6.92 Å². The molecule has 1 fully saturated rings. The summed E-state index contributed by atoms with van der Waals surface area (Å²) in [6.07, 6.45) is 2.21. The average molecular weight is 332 g/mol. The first-order chi connectivity index (χ1) is 11.4. The monoisotopic (exact) mass is 332 g/mol. The van der Waals surface area contributed by atoms with E-state index in [1.807, 2.05) is 23.2 Å². The maximum Gasteiger partial charge on any atom is 0.318 e. The van der Waals surface area contributed by atoms with Crippen molar-refractivity contribution >= 4 is 23.5 Å². The zero-order valence-corrected chi connectivity index (χ0v) is 14.1. The van der Waals surface area contributed by atoms with E-state index in [1.165, 1.54) is 6.42 Å². The number of benzene rings is 1. The van der Waals surface area contributed by atoms with E-state index in [-0.39, 0.29) is 12.5 Å². The second kappa shape index (κ2) is 7.81. The van der Waals surface area contributed by atoms with Gasteiger partial charge in [0, 0.05) is 24.3 Å². The lowest BCUT2D eigenvalue weighted by Gasteiger charge is -2.31. The first kappa shape index (κ1) is 17.8. The van der Waals surface area contributed by atoms with Crippen LogP contribution >= 0.6 is 0 Å². The predicted octanol–water partition coefficient (Wildman–Crippen LogP) is 1.47. The molecule has 1 aromatic carbocycles. The Morgan fingerprint density at radius 3 is 2.71 bits per heavy atom. The summed E-state index contributed by atoms with van der Waals surface area (Å²) in [5.74, 6) is 0.0699. The average Bonchev–Trinajstić information content (AvgIpc) is 2.52. The van der Waals surface area contributed by atoms with Crippen LogP contribution in [0.5, 0.6) is 0 Å². The Balaban J connectivity index is 1.99. The van der Waals surface area contributed by atoms with E-state index in [0.717, 1.165) is 30.8 Å². The molecule has 1 atom stereocenters. The van der Waals surface area contributed by atoms with Crippen LogP contribution in [-0.4, -0.2) is 42.4 Å². The fourth-order valence-corrected chi connectivity index (χ4v) is 2.91. The van der Waals surface area contributed by atoms with E-state index in [1.54, 1.807) is 12.1 Å². The van der Waals surface area contributed by atoms with Gasteiger partial charge in [-0.15, -0.1) is 0 Å². The molecule has 24 heavy (non-hydrogen) atoms. The number of rotatable bonds is 4. The second-order valence-corrected chi connectivity index (χ2v) is 6.29. The van der Waals surface area contributed by atoms with Crippen LogP contribution in [0.15, 0.2) is 18.2 Å². The molecule has 2 rings (SSSR count). The minimum absolute atomic E-state index is 0.0441. The number of amides is 4. The lowest BCUT2D eigenvalue weighted by molar-refractivity contribution is -0.118. The van der Waals surface area contributed by atoms with E-state index in [4.69, 9.17) is 5.73 Å². The van der Waals surface area contributed by atoms with Crippen LogP contribution in [0, 0.1) is 12.8 Å². The van der Waals surface area contributed by atoms with Crippen LogP contribution < -0.4 is 16.4 Å². The summed E-state index contributed by atoms with van der Waals surface area (Å²) in [5, 5.41) is 4.91. The number of hydrogen-bond donors (Lipinski definition) is 3. The van der Waals surface area contributed by atoms with Crippen molar-refractivity contribution in [3.63, 3.8) is 0 Å². The lowest BCUT2D eigenvalue weighted by atomic mass is 9.99. The maximum absolute atomic E-state index is 12.6. The molecule has 0 aromatic heterocycles. The third-order valence-electron chi connectivity index (χ3n) is 4.12. The summed E-state index contributed by atoms with van der Waals surface area (Å²) >= 11 is 0. The number of primary amides is 1. The van der Waals surface area contributed by atoms with Gasteiger partial charge in [0.2, 0.25) is 5.91 Å². The topological polar surface area (TPSA) is 105 Å². The van der Waals surface area contributed by atoms with Crippen molar-refractivity contribution in [3.8, 4) is 0 Å². The number of carbonyl (C=O) groups excluding carboxylic acids is 3. The SMILES string of the molecule is Cc1cc(C(=O)N2CCCC(C)C2)ccc1NCC(=O)NC(N)=O. The van der Waals surface area contributed by atoms with Gasteiger partial charge < -0.3 is 16.0 Å². The molecule has 130 valence electrons. The van der Waals surface area contributed by atoms with E-state index >= 15 is 0 Å². The van der Waals surface area contributed by atoms with Crippen LogP contribution in [0.2, 0.25) is 0 Å². The number of likely N-dealkylation sites (tertiary alicyclic amines) is 1. The minimum atomic E-state index is -0.879. The summed E-state index contributed by atoms with van der Waals surface area (Å²) in [6.45, 7) is 5.56. The Kier molecular flexibility index (Phi) is 5.78. The molecule has 0 aliphatic carbocycles. The van der Waals surface area contributed by atoms with Crippen LogP contribution in [0.4, 0.5) is 10.5 Å². The van der Waals surface area contributed by atoms with Gasteiger partial charge in [-0.3, -0.25) is 14.9 Å². The number of nitrogens with two attached hydrogens (primary N) is 1. The molecule has 4 amide bonds. The molecule has 1 heterocycles. The molecular formula is C17H24N4O3. The number of aryl methyl sites for hydroxylation is 1. The number of anilines is 1. The first-order valence-corrected chi connectivity index (χ1v) is 8.10. The molecule has 1 aromatic rings. The number of nitrogens with zero attached hydrogens (tertiary/aromatic N) is 1. The number of piperidine rings is 1. The van der Waals surface area contributed by atoms with Gasteiger partial charge in [-0.25, -0.2) is 4.79 Å². The van der Waals surface area contributed by atoms with Crippen molar-refractivity contribution in [1.82, 2.24) is 10.2 Å². The van der Waals surface area contributed by atoms with E-state index in [2.05, 4.69) is 12.2 Å². The summed E-state index contributed by atoms with van der Waals surface area (Å²) in [4.78, 5) is 36.5. The Morgan fingerprint density at radius 1 is 1.33 bits per heavy atom. The van der Waals surface area contributed by atoms with Crippen molar-refractivity contribution in [2.24, 2.45) is 11.7 Å². The molecule has 1 saturated heterocycles. The second-order valence-electron chi connectivity index (χ2n) is 6.29. The summed E-state index contributed by atoms with van der Waals surface area (Å²) < 4.78 is 0. The summed E-state index contributed by atoms with van der Waals surface area (Å²) in [5.41, 5.74) is 7.13. The molecule has 0 radical (unpaired) electrons. The molecule has 1 aliphatic heterocycles. The lowest BCUT2D eigenvalue weighted by Crippen LogP contribution is -2.39. The first-order valence-electron chi connectivity index (χ1n) is 8.10. The highest BCUT2D eigenvalue weighted by molar-refractivity contribution is 5.96. The molecule has 1 unspecified atom stereocenters.